The van der Waals surface area contributed by atoms with Gasteiger partial charge in [-0.05, 0) is 45.2 Å². The van der Waals surface area contributed by atoms with E-state index in [1.54, 1.807) is 4.90 Å². The summed E-state index contributed by atoms with van der Waals surface area (Å²) in [7, 11) is 0. The molecule has 25 heavy (non-hydrogen) atoms. The van der Waals surface area contributed by atoms with Crippen LogP contribution in [-0.2, 0) is 14.3 Å². The van der Waals surface area contributed by atoms with Crippen LogP contribution < -0.4 is 10.2 Å². The van der Waals surface area contributed by atoms with Crippen molar-refractivity contribution in [2.24, 2.45) is 0 Å². The van der Waals surface area contributed by atoms with Crippen molar-refractivity contribution in [1.82, 2.24) is 4.90 Å². The van der Waals surface area contributed by atoms with Crippen LogP contribution >= 0.6 is 0 Å². The van der Waals surface area contributed by atoms with Crippen molar-refractivity contribution < 1.29 is 14.3 Å². The number of ether oxygens (including phenoxy) is 1. The number of rotatable bonds is 2. The van der Waals surface area contributed by atoms with Gasteiger partial charge >= 0.3 is 11.8 Å². The van der Waals surface area contributed by atoms with Crippen molar-refractivity contribution in [3.63, 3.8) is 0 Å². The summed E-state index contributed by atoms with van der Waals surface area (Å²) in [5, 5.41) is 2.83. The van der Waals surface area contributed by atoms with Crippen LogP contribution in [0.4, 0.5) is 11.4 Å². The number of benzene rings is 1. The van der Waals surface area contributed by atoms with Gasteiger partial charge in [0.15, 0.2) is 0 Å². The number of para-hydroxylation sites is 2. The average molecular weight is 345 g/mol. The molecule has 6 nitrogen and oxygen atoms in total. The maximum absolute atomic E-state index is 12.7. The molecule has 2 saturated heterocycles. The third kappa shape index (κ3) is 3.95. The zero-order valence-corrected chi connectivity index (χ0v) is 15.0. The molecule has 2 fully saturated rings. The summed E-state index contributed by atoms with van der Waals surface area (Å²) in [6.07, 6.45) is 3.01. The minimum atomic E-state index is -0.554. The van der Waals surface area contributed by atoms with Gasteiger partial charge in [-0.3, -0.25) is 9.59 Å². The molecule has 3 rings (SSSR count). The van der Waals surface area contributed by atoms with Gasteiger partial charge in [0, 0.05) is 25.2 Å². The summed E-state index contributed by atoms with van der Waals surface area (Å²) in [6.45, 7) is 6.93. The zero-order valence-electron chi connectivity index (χ0n) is 15.0. The Hall–Kier alpha value is -2.08. The largest absolute Gasteiger partial charge is 0.378 e. The van der Waals surface area contributed by atoms with Gasteiger partial charge in [-0.2, -0.15) is 0 Å². The number of hydrogen-bond donors (Lipinski definition) is 1. The van der Waals surface area contributed by atoms with E-state index in [2.05, 4.69) is 10.2 Å². The number of nitrogens with one attached hydrogen (secondary N) is 1. The Morgan fingerprint density at radius 2 is 1.72 bits per heavy atom. The Bertz CT molecular complexity index is 618. The Kier molecular flexibility index (Phi) is 5.58. The van der Waals surface area contributed by atoms with Crippen LogP contribution in [0.2, 0.25) is 0 Å². The quantitative estimate of drug-likeness (QED) is 0.835. The topological polar surface area (TPSA) is 61.9 Å². The van der Waals surface area contributed by atoms with Crippen molar-refractivity contribution in [2.75, 3.05) is 36.5 Å². The first kappa shape index (κ1) is 17.7. The molecule has 2 amide bonds. The number of anilines is 2. The molecule has 2 heterocycles. The highest BCUT2D eigenvalue weighted by Crippen LogP contribution is 2.27. The van der Waals surface area contributed by atoms with Crippen molar-refractivity contribution in [3.05, 3.63) is 24.3 Å². The van der Waals surface area contributed by atoms with Crippen molar-refractivity contribution in [3.8, 4) is 0 Å². The second-order valence-corrected chi connectivity index (χ2v) is 6.91. The molecule has 1 aromatic rings. The van der Waals surface area contributed by atoms with E-state index in [9.17, 15) is 9.59 Å². The first-order chi connectivity index (χ1) is 12.1. The number of morpholine rings is 1. The predicted molar refractivity (Wildman–Crippen MR) is 97.7 cm³/mol. The molecule has 1 aromatic carbocycles. The van der Waals surface area contributed by atoms with E-state index < -0.39 is 11.8 Å². The summed E-state index contributed by atoms with van der Waals surface area (Å²) < 4.78 is 5.39. The van der Waals surface area contributed by atoms with E-state index in [0.717, 1.165) is 38.0 Å². The summed E-state index contributed by atoms with van der Waals surface area (Å²) in [5.41, 5.74) is 1.62. The smallest absolute Gasteiger partial charge is 0.313 e. The van der Waals surface area contributed by atoms with Crippen LogP contribution in [0, 0.1) is 0 Å². The molecular weight excluding hydrogens is 318 g/mol. The molecule has 1 N–H and O–H groups in total. The standard InChI is InChI=1S/C19H27N3O3/c1-14-6-5-7-15(2)22(14)19(24)18(23)20-16-8-3-4-9-17(16)21-10-12-25-13-11-21/h3-4,8-9,14-15H,5-7,10-13H2,1-2H3,(H,20,23). The highest BCUT2D eigenvalue weighted by molar-refractivity contribution is 6.40. The maximum atomic E-state index is 12.7. The van der Waals surface area contributed by atoms with Gasteiger partial charge in [0.25, 0.3) is 0 Å². The predicted octanol–water partition coefficient (Wildman–Crippen LogP) is 2.25. The normalized spacial score (nSPS) is 24.1. The van der Waals surface area contributed by atoms with Crippen molar-refractivity contribution in [1.29, 1.82) is 0 Å². The van der Waals surface area contributed by atoms with E-state index in [-0.39, 0.29) is 12.1 Å². The second kappa shape index (κ2) is 7.87. The van der Waals surface area contributed by atoms with Gasteiger partial charge in [0.1, 0.15) is 0 Å². The Morgan fingerprint density at radius 1 is 1.08 bits per heavy atom. The molecule has 0 bridgehead atoms. The third-order valence-corrected chi connectivity index (χ3v) is 5.13. The van der Waals surface area contributed by atoms with Gasteiger partial charge in [-0.1, -0.05) is 12.1 Å². The molecule has 2 unspecified atom stereocenters. The van der Waals surface area contributed by atoms with E-state index in [0.29, 0.717) is 18.9 Å². The first-order valence-electron chi connectivity index (χ1n) is 9.13. The lowest BCUT2D eigenvalue weighted by Crippen LogP contribution is -2.51. The van der Waals surface area contributed by atoms with Gasteiger partial charge in [-0.15, -0.1) is 0 Å². The number of piperidine rings is 1. The number of carbonyl (C=O) groups excluding carboxylic acids is 2. The minimum Gasteiger partial charge on any atom is -0.378 e. The van der Waals surface area contributed by atoms with E-state index in [1.807, 2.05) is 38.1 Å². The molecule has 0 aromatic heterocycles. The number of amides is 2. The van der Waals surface area contributed by atoms with Crippen LogP contribution in [0.5, 0.6) is 0 Å². The van der Waals surface area contributed by atoms with Gasteiger partial charge < -0.3 is 19.9 Å². The molecule has 0 spiro atoms. The third-order valence-electron chi connectivity index (χ3n) is 5.13. The molecule has 6 heteroatoms. The lowest BCUT2D eigenvalue weighted by Gasteiger charge is -2.38. The lowest BCUT2D eigenvalue weighted by atomic mass is 9.97. The SMILES string of the molecule is CC1CCCC(C)N1C(=O)C(=O)Nc1ccccc1N1CCOCC1. The first-order valence-corrected chi connectivity index (χ1v) is 9.13. The number of carbonyl (C=O) groups is 2. The van der Waals surface area contributed by atoms with Gasteiger partial charge in [0.05, 0.1) is 24.6 Å². The Balaban J connectivity index is 1.73. The second-order valence-electron chi connectivity index (χ2n) is 6.91. The minimum absolute atomic E-state index is 0.108. The molecule has 0 aliphatic carbocycles. The molecule has 2 atom stereocenters. The molecule has 0 saturated carbocycles. The highest BCUT2D eigenvalue weighted by atomic mass is 16.5. The fourth-order valence-electron chi connectivity index (χ4n) is 3.77. The van der Waals surface area contributed by atoms with Crippen LogP contribution in [-0.4, -0.2) is 55.1 Å². The summed E-state index contributed by atoms with van der Waals surface area (Å²) in [6, 6.07) is 7.84. The summed E-state index contributed by atoms with van der Waals surface area (Å²) in [4.78, 5) is 29.2. The molecular formula is C19H27N3O3. The van der Waals surface area contributed by atoms with Crippen LogP contribution in [0.15, 0.2) is 24.3 Å². The van der Waals surface area contributed by atoms with Gasteiger partial charge in [-0.25, -0.2) is 0 Å². The highest BCUT2D eigenvalue weighted by Gasteiger charge is 2.33. The Morgan fingerprint density at radius 3 is 2.40 bits per heavy atom. The van der Waals surface area contributed by atoms with Crippen LogP contribution in [0.3, 0.4) is 0 Å². The molecule has 136 valence electrons. The van der Waals surface area contributed by atoms with E-state index >= 15 is 0 Å². The summed E-state index contributed by atoms with van der Waals surface area (Å²) >= 11 is 0. The molecule has 0 radical (unpaired) electrons. The monoisotopic (exact) mass is 345 g/mol. The molecule has 2 aliphatic heterocycles. The van der Waals surface area contributed by atoms with E-state index in [4.69, 9.17) is 4.74 Å². The van der Waals surface area contributed by atoms with Gasteiger partial charge in [0.2, 0.25) is 0 Å². The van der Waals surface area contributed by atoms with Crippen LogP contribution in [0.1, 0.15) is 33.1 Å². The lowest BCUT2D eigenvalue weighted by molar-refractivity contribution is -0.147. The fraction of sp³-hybridized carbons (Fsp3) is 0.579. The average Bonchev–Trinajstić information content (AvgIpc) is 2.62. The van der Waals surface area contributed by atoms with Crippen molar-refractivity contribution >= 4 is 23.2 Å². The fourth-order valence-corrected chi connectivity index (χ4v) is 3.77. The number of likely N-dealkylation sites (tertiary alicyclic amines) is 1. The zero-order chi connectivity index (χ0) is 17.8. The molecule has 2 aliphatic rings. The summed E-state index contributed by atoms with van der Waals surface area (Å²) in [5.74, 6) is -0.988. The number of nitrogens with zero attached hydrogens (tertiary/aromatic N) is 2. The van der Waals surface area contributed by atoms with Crippen LogP contribution in [0.25, 0.3) is 0 Å². The van der Waals surface area contributed by atoms with E-state index in [1.165, 1.54) is 0 Å². The number of hydrogen-bond acceptors (Lipinski definition) is 4. The van der Waals surface area contributed by atoms with Crippen molar-refractivity contribution in [2.45, 2.75) is 45.2 Å². The maximum Gasteiger partial charge on any atom is 0.313 e. The Labute approximate surface area is 149 Å².